The number of hydrogen-bond acceptors (Lipinski definition) is 0. The van der Waals surface area contributed by atoms with Crippen LogP contribution in [0.2, 0.25) is 0 Å². The van der Waals surface area contributed by atoms with E-state index in [1.165, 1.54) is 17.7 Å². The number of aromatic nitrogens is 1. The van der Waals surface area contributed by atoms with Crippen LogP contribution in [-0.4, -0.2) is 0 Å². The maximum absolute atomic E-state index is 13.6. The van der Waals surface area contributed by atoms with Crippen LogP contribution in [0.15, 0.2) is 60.7 Å². The maximum Gasteiger partial charge on any atom is 0.213 e. The van der Waals surface area contributed by atoms with Gasteiger partial charge in [0.2, 0.25) is 11.2 Å². The van der Waals surface area contributed by atoms with E-state index in [0.717, 1.165) is 50.8 Å². The Balaban J connectivity index is 2.01. The molecule has 0 N–H and O–H groups in total. The summed E-state index contributed by atoms with van der Waals surface area (Å²) in [6.07, 6.45) is 0.932. The SMILES string of the molecule is [2H]C([2H])([2H])c1cc(C)cc(-c2ccc3c(-c4ccc(F)cc4)cc(CC(C)C)cc3[n+]2C)c1C. The quantitative estimate of drug-likeness (QED) is 0.309. The Bertz CT molecular complexity index is 1370. The molecule has 0 aliphatic carbocycles. The predicted molar refractivity (Wildman–Crippen MR) is 129 cm³/mol. The fourth-order valence-corrected chi connectivity index (χ4v) is 4.41. The molecular weight excluding hydrogens is 381 g/mol. The molecule has 2 heteroatoms. The highest BCUT2D eigenvalue weighted by Gasteiger charge is 2.20. The van der Waals surface area contributed by atoms with Gasteiger partial charge in [0.1, 0.15) is 12.9 Å². The Morgan fingerprint density at radius 3 is 2.35 bits per heavy atom. The Kier molecular flexibility index (Phi) is 4.71. The largest absolute Gasteiger partial charge is 0.213 e. The van der Waals surface area contributed by atoms with Crippen molar-refractivity contribution >= 4 is 10.9 Å². The standard InChI is InChI=1S/C29H31FN/c1-18(2)13-22-16-27(23-7-9-24(30)10-8-23)25-11-12-28(31(6)29(25)17-22)26-15-19(3)14-20(4)21(26)5/h7-12,14-18H,13H2,1-6H3/q+1/i4D3. The van der Waals surface area contributed by atoms with Crippen molar-refractivity contribution in [2.75, 3.05) is 0 Å². The minimum Gasteiger partial charge on any atom is -0.207 e. The normalized spacial score (nSPS) is 13.3. The summed E-state index contributed by atoms with van der Waals surface area (Å²) < 4.78 is 39.7. The van der Waals surface area contributed by atoms with E-state index < -0.39 is 6.85 Å². The molecule has 0 radical (unpaired) electrons. The van der Waals surface area contributed by atoms with E-state index in [1.54, 1.807) is 6.07 Å². The first kappa shape index (κ1) is 17.7. The van der Waals surface area contributed by atoms with Crippen LogP contribution in [-0.2, 0) is 13.5 Å². The van der Waals surface area contributed by atoms with Crippen molar-refractivity contribution in [2.24, 2.45) is 13.0 Å². The molecule has 0 aliphatic rings. The van der Waals surface area contributed by atoms with E-state index in [2.05, 4.69) is 48.7 Å². The first-order valence-electron chi connectivity index (χ1n) is 12.3. The lowest BCUT2D eigenvalue weighted by Crippen LogP contribution is -2.32. The minimum atomic E-state index is -2.17. The Morgan fingerprint density at radius 2 is 1.68 bits per heavy atom. The zero-order valence-electron chi connectivity index (χ0n) is 21.9. The summed E-state index contributed by atoms with van der Waals surface area (Å²) in [4.78, 5) is 0. The highest BCUT2D eigenvalue weighted by atomic mass is 19.1. The van der Waals surface area contributed by atoms with Gasteiger partial charge in [0.15, 0.2) is 0 Å². The predicted octanol–water partition coefficient (Wildman–Crippen LogP) is 7.26. The molecule has 0 unspecified atom stereocenters. The average Bonchev–Trinajstić information content (AvgIpc) is 2.75. The van der Waals surface area contributed by atoms with Gasteiger partial charge in [0.25, 0.3) is 0 Å². The molecule has 0 spiro atoms. The van der Waals surface area contributed by atoms with Gasteiger partial charge in [-0.05, 0) is 85.1 Å². The third kappa shape index (κ3) is 4.12. The Labute approximate surface area is 189 Å². The fraction of sp³-hybridized carbons (Fsp3) is 0.276. The highest BCUT2D eigenvalue weighted by Crippen LogP contribution is 2.32. The lowest BCUT2D eigenvalue weighted by molar-refractivity contribution is -0.633. The molecule has 3 aromatic carbocycles. The third-order valence-corrected chi connectivity index (χ3v) is 5.98. The zero-order valence-corrected chi connectivity index (χ0v) is 18.9. The van der Waals surface area contributed by atoms with Gasteiger partial charge in [-0.25, -0.2) is 4.39 Å². The first-order chi connectivity index (χ1) is 16.0. The van der Waals surface area contributed by atoms with Crippen LogP contribution in [0, 0.1) is 32.4 Å². The van der Waals surface area contributed by atoms with Crippen LogP contribution in [0.3, 0.4) is 0 Å². The summed E-state index contributed by atoms with van der Waals surface area (Å²) >= 11 is 0. The molecule has 4 aromatic rings. The minimum absolute atomic E-state index is 0.251. The van der Waals surface area contributed by atoms with E-state index in [4.69, 9.17) is 4.11 Å². The second kappa shape index (κ2) is 8.26. The van der Waals surface area contributed by atoms with Crippen molar-refractivity contribution in [1.29, 1.82) is 0 Å². The highest BCUT2D eigenvalue weighted by molar-refractivity contribution is 5.94. The van der Waals surface area contributed by atoms with Crippen LogP contribution in [0.1, 0.15) is 40.2 Å². The molecule has 0 saturated carbocycles. The molecule has 0 aliphatic heterocycles. The molecule has 1 heterocycles. The third-order valence-electron chi connectivity index (χ3n) is 5.98. The molecule has 1 aromatic heterocycles. The van der Waals surface area contributed by atoms with Gasteiger partial charge in [-0.1, -0.05) is 43.7 Å². The molecular formula is C29H31FN+. The first-order valence-corrected chi connectivity index (χ1v) is 10.8. The van der Waals surface area contributed by atoms with Gasteiger partial charge >= 0.3 is 0 Å². The molecule has 0 bridgehead atoms. The lowest BCUT2D eigenvalue weighted by Gasteiger charge is -2.14. The van der Waals surface area contributed by atoms with Crippen molar-refractivity contribution in [1.82, 2.24) is 0 Å². The summed E-state index contributed by atoms with van der Waals surface area (Å²) in [5, 5.41) is 1.08. The summed E-state index contributed by atoms with van der Waals surface area (Å²) in [6.45, 7) is 6.06. The number of nitrogens with zero attached hydrogens (tertiary/aromatic N) is 1. The molecule has 4 rings (SSSR count). The number of benzene rings is 3. The molecule has 1 nitrogen and oxygen atoms in total. The van der Waals surface area contributed by atoms with Crippen molar-refractivity contribution in [3.63, 3.8) is 0 Å². The van der Waals surface area contributed by atoms with E-state index >= 15 is 0 Å². The molecule has 0 fully saturated rings. The average molecular weight is 416 g/mol. The number of fused-ring (bicyclic) bond motifs is 1. The maximum atomic E-state index is 13.6. The Hall–Kier alpha value is -3.00. The van der Waals surface area contributed by atoms with E-state index in [1.807, 2.05) is 33.0 Å². The molecule has 31 heavy (non-hydrogen) atoms. The molecule has 0 saturated heterocycles. The summed E-state index contributed by atoms with van der Waals surface area (Å²) in [7, 11) is 2.03. The Morgan fingerprint density at radius 1 is 0.935 bits per heavy atom. The van der Waals surface area contributed by atoms with Crippen LogP contribution in [0.25, 0.3) is 33.3 Å². The summed E-state index contributed by atoms with van der Waals surface area (Å²) in [5.74, 6) is 0.243. The van der Waals surface area contributed by atoms with Gasteiger partial charge in [0, 0.05) is 21.8 Å². The van der Waals surface area contributed by atoms with E-state index in [-0.39, 0.29) is 5.82 Å². The number of halogens is 1. The van der Waals surface area contributed by atoms with Crippen LogP contribution >= 0.6 is 0 Å². The number of hydrogen-bond donors (Lipinski definition) is 0. The van der Waals surface area contributed by atoms with Crippen LogP contribution < -0.4 is 4.57 Å². The molecule has 0 amide bonds. The lowest BCUT2D eigenvalue weighted by atomic mass is 9.92. The number of aryl methyl sites for hydroxylation is 3. The van der Waals surface area contributed by atoms with E-state index in [0.29, 0.717) is 11.5 Å². The number of pyridine rings is 1. The topological polar surface area (TPSA) is 3.88 Å². The van der Waals surface area contributed by atoms with Gasteiger partial charge < -0.3 is 0 Å². The monoisotopic (exact) mass is 415 g/mol. The molecule has 158 valence electrons. The van der Waals surface area contributed by atoms with Gasteiger partial charge in [-0.3, -0.25) is 0 Å². The summed E-state index contributed by atoms with van der Waals surface area (Å²) in [6, 6.07) is 19.1. The van der Waals surface area contributed by atoms with Gasteiger partial charge in [-0.15, -0.1) is 0 Å². The van der Waals surface area contributed by atoms with Crippen LogP contribution in [0.4, 0.5) is 4.39 Å². The van der Waals surface area contributed by atoms with Gasteiger partial charge in [-0.2, -0.15) is 4.57 Å². The van der Waals surface area contributed by atoms with Crippen molar-refractivity contribution in [3.05, 3.63) is 88.7 Å². The van der Waals surface area contributed by atoms with Crippen LogP contribution in [0.5, 0.6) is 0 Å². The van der Waals surface area contributed by atoms with Crippen molar-refractivity contribution < 1.29 is 13.1 Å². The second-order valence-electron chi connectivity index (χ2n) is 8.94. The number of rotatable bonds is 4. The fourth-order valence-electron chi connectivity index (χ4n) is 4.41. The van der Waals surface area contributed by atoms with E-state index in [9.17, 15) is 4.39 Å². The van der Waals surface area contributed by atoms with Crippen molar-refractivity contribution in [3.8, 4) is 22.4 Å². The van der Waals surface area contributed by atoms with Gasteiger partial charge in [0.05, 0.1) is 5.39 Å². The zero-order chi connectivity index (χ0) is 24.8. The summed E-state index contributed by atoms with van der Waals surface area (Å²) in [5.41, 5.74) is 8.30. The second-order valence-corrected chi connectivity index (χ2v) is 8.94. The van der Waals surface area contributed by atoms with Crippen molar-refractivity contribution in [2.45, 2.75) is 41.0 Å². The smallest absolute Gasteiger partial charge is 0.207 e. The molecule has 0 atom stereocenters.